The lowest BCUT2D eigenvalue weighted by atomic mass is 10.00. The van der Waals surface area contributed by atoms with Gasteiger partial charge in [0, 0.05) is 19.6 Å². The third-order valence-corrected chi connectivity index (χ3v) is 4.23. The van der Waals surface area contributed by atoms with Crippen molar-refractivity contribution in [3.8, 4) is 0 Å². The fourth-order valence-corrected chi connectivity index (χ4v) is 3.13. The van der Waals surface area contributed by atoms with Gasteiger partial charge < -0.3 is 14.2 Å². The molecule has 0 aromatic carbocycles. The number of amides is 2. The van der Waals surface area contributed by atoms with E-state index < -0.39 is 0 Å². The summed E-state index contributed by atoms with van der Waals surface area (Å²) in [4.78, 5) is 28.7. The molecule has 5 heteroatoms. The summed E-state index contributed by atoms with van der Waals surface area (Å²) in [6.45, 7) is 2.33. The molecule has 3 heterocycles. The number of rotatable bonds is 2. The lowest BCUT2D eigenvalue weighted by molar-refractivity contribution is -0.136. The van der Waals surface area contributed by atoms with Gasteiger partial charge in [0.05, 0.1) is 11.8 Å². The monoisotopic (exact) mass is 276 g/mol. The van der Waals surface area contributed by atoms with Crippen LogP contribution in [0.25, 0.3) is 0 Å². The molecule has 2 amide bonds. The first kappa shape index (κ1) is 13.2. The van der Waals surface area contributed by atoms with E-state index in [1.54, 1.807) is 11.0 Å². The SMILES string of the molecule is O=C([C@@H]1CCCCN1C(=O)c1ccoc1)N1CCCC1. The van der Waals surface area contributed by atoms with Crippen molar-refractivity contribution in [2.24, 2.45) is 0 Å². The smallest absolute Gasteiger partial charge is 0.257 e. The van der Waals surface area contributed by atoms with E-state index >= 15 is 0 Å². The number of piperidine rings is 1. The minimum absolute atomic E-state index is 0.0870. The van der Waals surface area contributed by atoms with E-state index in [0.29, 0.717) is 12.1 Å². The van der Waals surface area contributed by atoms with Crippen molar-refractivity contribution in [2.45, 2.75) is 38.1 Å². The van der Waals surface area contributed by atoms with Crippen molar-refractivity contribution < 1.29 is 14.0 Å². The van der Waals surface area contributed by atoms with Crippen LogP contribution in [-0.2, 0) is 4.79 Å². The number of hydrogen-bond donors (Lipinski definition) is 0. The second-order valence-electron chi connectivity index (χ2n) is 5.55. The number of furan rings is 1. The maximum absolute atomic E-state index is 12.6. The summed E-state index contributed by atoms with van der Waals surface area (Å²) in [7, 11) is 0. The van der Waals surface area contributed by atoms with Crippen molar-refractivity contribution >= 4 is 11.8 Å². The van der Waals surface area contributed by atoms with Crippen LogP contribution in [-0.4, -0.2) is 47.3 Å². The topological polar surface area (TPSA) is 53.8 Å². The Morgan fingerprint density at radius 2 is 1.85 bits per heavy atom. The van der Waals surface area contributed by atoms with Gasteiger partial charge in [0.2, 0.25) is 5.91 Å². The minimum atomic E-state index is -0.288. The second kappa shape index (κ2) is 5.69. The van der Waals surface area contributed by atoms with Crippen LogP contribution in [0.4, 0.5) is 0 Å². The summed E-state index contributed by atoms with van der Waals surface area (Å²) >= 11 is 0. The lowest BCUT2D eigenvalue weighted by Gasteiger charge is -2.36. The third kappa shape index (κ3) is 2.44. The molecule has 1 atom stereocenters. The lowest BCUT2D eigenvalue weighted by Crippen LogP contribution is -2.52. The van der Waals surface area contributed by atoms with Crippen molar-refractivity contribution in [3.05, 3.63) is 24.2 Å². The van der Waals surface area contributed by atoms with Crippen LogP contribution in [0.3, 0.4) is 0 Å². The molecule has 0 radical (unpaired) electrons. The summed E-state index contributed by atoms with van der Waals surface area (Å²) in [6.07, 6.45) is 7.86. The zero-order valence-electron chi connectivity index (χ0n) is 11.6. The Labute approximate surface area is 118 Å². The molecule has 2 fully saturated rings. The number of carbonyl (C=O) groups excluding carboxylic acids is 2. The van der Waals surface area contributed by atoms with E-state index in [0.717, 1.165) is 45.2 Å². The van der Waals surface area contributed by atoms with Gasteiger partial charge in [-0.05, 0) is 38.2 Å². The van der Waals surface area contributed by atoms with Crippen LogP contribution in [0.1, 0.15) is 42.5 Å². The summed E-state index contributed by atoms with van der Waals surface area (Å²) in [5, 5.41) is 0. The molecule has 0 saturated carbocycles. The highest BCUT2D eigenvalue weighted by Crippen LogP contribution is 2.23. The molecule has 108 valence electrons. The zero-order valence-corrected chi connectivity index (χ0v) is 11.6. The van der Waals surface area contributed by atoms with Crippen LogP contribution in [0.5, 0.6) is 0 Å². The molecule has 20 heavy (non-hydrogen) atoms. The molecule has 2 saturated heterocycles. The average molecular weight is 276 g/mol. The Balaban J connectivity index is 1.76. The standard InChI is InChI=1S/C15H20N2O3/c18-14(12-6-10-20-11-12)17-9-2-1-5-13(17)15(19)16-7-3-4-8-16/h6,10-11,13H,1-5,7-9H2/t13-/m0/s1. The first-order valence-electron chi connectivity index (χ1n) is 7.39. The summed E-state index contributed by atoms with van der Waals surface area (Å²) in [6, 6.07) is 1.37. The Kier molecular flexibility index (Phi) is 3.76. The third-order valence-electron chi connectivity index (χ3n) is 4.23. The number of hydrogen-bond acceptors (Lipinski definition) is 3. The van der Waals surface area contributed by atoms with Crippen LogP contribution >= 0.6 is 0 Å². The van der Waals surface area contributed by atoms with Crippen molar-refractivity contribution in [3.63, 3.8) is 0 Å². The van der Waals surface area contributed by atoms with Crippen molar-refractivity contribution in [1.29, 1.82) is 0 Å². The normalized spacial score (nSPS) is 23.1. The van der Waals surface area contributed by atoms with E-state index in [-0.39, 0.29) is 17.9 Å². The minimum Gasteiger partial charge on any atom is -0.472 e. The van der Waals surface area contributed by atoms with Gasteiger partial charge in [-0.1, -0.05) is 0 Å². The fourth-order valence-electron chi connectivity index (χ4n) is 3.13. The molecule has 0 N–H and O–H groups in total. The van der Waals surface area contributed by atoms with E-state index in [1.165, 1.54) is 12.5 Å². The van der Waals surface area contributed by atoms with Crippen molar-refractivity contribution in [1.82, 2.24) is 9.80 Å². The predicted octanol–water partition coefficient (Wildman–Crippen LogP) is 1.90. The van der Waals surface area contributed by atoms with Gasteiger partial charge in [0.1, 0.15) is 12.3 Å². The summed E-state index contributed by atoms with van der Waals surface area (Å²) < 4.78 is 4.98. The van der Waals surface area contributed by atoms with E-state index in [1.807, 2.05) is 4.90 Å². The quantitative estimate of drug-likeness (QED) is 0.829. The van der Waals surface area contributed by atoms with E-state index in [9.17, 15) is 9.59 Å². The molecule has 2 aliphatic heterocycles. The molecular formula is C15H20N2O3. The van der Waals surface area contributed by atoms with Gasteiger partial charge in [-0.15, -0.1) is 0 Å². The van der Waals surface area contributed by atoms with Crippen LogP contribution in [0.2, 0.25) is 0 Å². The van der Waals surface area contributed by atoms with E-state index in [4.69, 9.17) is 4.42 Å². The highest BCUT2D eigenvalue weighted by molar-refractivity contribution is 5.97. The van der Waals surface area contributed by atoms with Gasteiger partial charge in [-0.3, -0.25) is 9.59 Å². The van der Waals surface area contributed by atoms with Gasteiger partial charge >= 0.3 is 0 Å². The molecule has 5 nitrogen and oxygen atoms in total. The maximum Gasteiger partial charge on any atom is 0.257 e. The Hall–Kier alpha value is -1.78. The molecule has 1 aromatic rings. The van der Waals surface area contributed by atoms with E-state index in [2.05, 4.69) is 0 Å². The van der Waals surface area contributed by atoms with Gasteiger partial charge in [0.25, 0.3) is 5.91 Å². The Morgan fingerprint density at radius 3 is 2.55 bits per heavy atom. The largest absolute Gasteiger partial charge is 0.472 e. The number of likely N-dealkylation sites (tertiary alicyclic amines) is 2. The van der Waals surface area contributed by atoms with Crippen LogP contribution in [0.15, 0.2) is 23.0 Å². The predicted molar refractivity (Wildman–Crippen MR) is 73.2 cm³/mol. The molecule has 0 aliphatic carbocycles. The maximum atomic E-state index is 12.6. The Bertz CT molecular complexity index is 477. The molecule has 0 spiro atoms. The van der Waals surface area contributed by atoms with Crippen molar-refractivity contribution in [2.75, 3.05) is 19.6 Å². The average Bonchev–Trinajstić information content (AvgIpc) is 3.18. The zero-order chi connectivity index (χ0) is 13.9. The fraction of sp³-hybridized carbons (Fsp3) is 0.600. The second-order valence-corrected chi connectivity index (χ2v) is 5.55. The first-order valence-corrected chi connectivity index (χ1v) is 7.39. The molecule has 1 aromatic heterocycles. The molecule has 0 unspecified atom stereocenters. The molecule has 2 aliphatic rings. The number of nitrogens with zero attached hydrogens (tertiary/aromatic N) is 2. The highest BCUT2D eigenvalue weighted by Gasteiger charge is 2.36. The Morgan fingerprint density at radius 1 is 1.10 bits per heavy atom. The molecule has 0 bridgehead atoms. The highest BCUT2D eigenvalue weighted by atomic mass is 16.3. The summed E-state index contributed by atoms with van der Waals surface area (Å²) in [5.74, 6) is 0.0371. The van der Waals surface area contributed by atoms with Crippen LogP contribution in [0, 0.1) is 0 Å². The van der Waals surface area contributed by atoms with Gasteiger partial charge in [0.15, 0.2) is 0 Å². The molecule has 3 rings (SSSR count). The molecular weight excluding hydrogens is 256 g/mol. The van der Waals surface area contributed by atoms with Gasteiger partial charge in [-0.25, -0.2) is 0 Å². The number of carbonyl (C=O) groups is 2. The van der Waals surface area contributed by atoms with Gasteiger partial charge in [-0.2, -0.15) is 0 Å². The summed E-state index contributed by atoms with van der Waals surface area (Å²) in [5.41, 5.74) is 0.533. The van der Waals surface area contributed by atoms with Crippen LogP contribution < -0.4 is 0 Å². The first-order chi connectivity index (χ1) is 9.77.